The van der Waals surface area contributed by atoms with Crippen molar-refractivity contribution < 1.29 is 4.79 Å². The fourth-order valence-corrected chi connectivity index (χ4v) is 2.69. The van der Waals surface area contributed by atoms with Gasteiger partial charge in [0.1, 0.15) is 0 Å². The Morgan fingerprint density at radius 1 is 1.37 bits per heavy atom. The van der Waals surface area contributed by atoms with Gasteiger partial charge in [0.2, 0.25) is 0 Å². The fraction of sp³-hybridized carbons (Fsp3) is 0.533. The number of hydrogen-bond acceptors (Lipinski definition) is 1. The molecular weight excluding hydrogens is 260 g/mol. The van der Waals surface area contributed by atoms with E-state index in [1.54, 1.807) is 0 Å². The highest BCUT2D eigenvalue weighted by Crippen LogP contribution is 2.23. The molecule has 0 bridgehead atoms. The molecule has 1 N–H and O–H groups in total. The molecule has 3 nitrogen and oxygen atoms in total. The van der Waals surface area contributed by atoms with Crippen molar-refractivity contribution in [3.63, 3.8) is 0 Å². The summed E-state index contributed by atoms with van der Waals surface area (Å²) in [4.78, 5) is 14.1. The van der Waals surface area contributed by atoms with Gasteiger partial charge in [-0.05, 0) is 37.3 Å². The van der Waals surface area contributed by atoms with Gasteiger partial charge >= 0.3 is 6.03 Å². The molecule has 1 atom stereocenters. The predicted octanol–water partition coefficient (Wildman–Crippen LogP) is 3.84. The average molecular weight is 281 g/mol. The number of likely N-dealkylation sites (tertiary alicyclic amines) is 1. The van der Waals surface area contributed by atoms with Gasteiger partial charge in [-0.2, -0.15) is 0 Å². The normalized spacial score (nSPS) is 18.2. The molecule has 0 aromatic heterocycles. The molecule has 1 aromatic rings. The van der Waals surface area contributed by atoms with E-state index in [4.69, 9.17) is 11.6 Å². The molecule has 1 aliphatic rings. The molecule has 0 saturated carbocycles. The molecule has 0 spiro atoms. The van der Waals surface area contributed by atoms with Crippen LogP contribution in [-0.2, 0) is 0 Å². The topological polar surface area (TPSA) is 32.3 Å². The van der Waals surface area contributed by atoms with E-state index in [-0.39, 0.29) is 12.1 Å². The van der Waals surface area contributed by atoms with Crippen molar-refractivity contribution in [2.75, 3.05) is 13.1 Å². The number of hydrogen-bond donors (Lipinski definition) is 1. The van der Waals surface area contributed by atoms with Crippen molar-refractivity contribution in [1.82, 2.24) is 10.2 Å². The van der Waals surface area contributed by atoms with Gasteiger partial charge in [-0.25, -0.2) is 4.79 Å². The van der Waals surface area contributed by atoms with Gasteiger partial charge in [-0.3, -0.25) is 0 Å². The van der Waals surface area contributed by atoms with Crippen LogP contribution in [0.3, 0.4) is 0 Å². The van der Waals surface area contributed by atoms with Crippen LogP contribution in [-0.4, -0.2) is 24.0 Å². The molecule has 2 rings (SSSR count). The zero-order valence-electron chi connectivity index (χ0n) is 11.5. The van der Waals surface area contributed by atoms with Gasteiger partial charge in [0.25, 0.3) is 0 Å². The summed E-state index contributed by atoms with van der Waals surface area (Å²) in [6.07, 6.45) is 2.18. The highest BCUT2D eigenvalue weighted by Gasteiger charge is 2.22. The molecule has 0 radical (unpaired) electrons. The Hall–Kier alpha value is -1.22. The first kappa shape index (κ1) is 14.2. The van der Waals surface area contributed by atoms with Crippen LogP contribution in [0, 0.1) is 5.92 Å². The second-order valence-electron chi connectivity index (χ2n) is 5.36. The lowest BCUT2D eigenvalue weighted by Crippen LogP contribution is -2.44. The van der Waals surface area contributed by atoms with E-state index in [0.29, 0.717) is 5.02 Å². The maximum absolute atomic E-state index is 12.2. The number of urea groups is 1. The third kappa shape index (κ3) is 3.63. The summed E-state index contributed by atoms with van der Waals surface area (Å²) in [5.41, 5.74) is 0.961. The lowest BCUT2D eigenvalue weighted by atomic mass is 9.99. The number of carbonyl (C=O) groups excluding carboxylic acids is 1. The Morgan fingerprint density at radius 2 is 2.00 bits per heavy atom. The Kier molecular flexibility index (Phi) is 4.70. The van der Waals surface area contributed by atoms with Crippen LogP contribution >= 0.6 is 11.6 Å². The Balaban J connectivity index is 1.94. The minimum absolute atomic E-state index is 0.0133. The summed E-state index contributed by atoms with van der Waals surface area (Å²) in [6.45, 7) is 5.90. The molecule has 19 heavy (non-hydrogen) atoms. The number of carbonyl (C=O) groups is 1. The molecule has 1 fully saturated rings. The van der Waals surface area contributed by atoms with Crippen LogP contribution in [0.15, 0.2) is 24.3 Å². The zero-order valence-corrected chi connectivity index (χ0v) is 12.3. The maximum Gasteiger partial charge on any atom is 0.317 e. The number of halogens is 1. The smallest absolute Gasteiger partial charge is 0.317 e. The molecule has 0 aliphatic carbocycles. The largest absolute Gasteiger partial charge is 0.331 e. The molecular formula is C15H21ClN2O. The fourth-order valence-electron chi connectivity index (χ4n) is 2.39. The van der Waals surface area contributed by atoms with E-state index in [2.05, 4.69) is 12.2 Å². The number of nitrogens with zero attached hydrogens (tertiary/aromatic N) is 1. The predicted molar refractivity (Wildman–Crippen MR) is 78.4 cm³/mol. The third-order valence-electron chi connectivity index (χ3n) is 3.78. The lowest BCUT2D eigenvalue weighted by Gasteiger charge is -2.31. The number of benzene rings is 1. The number of amides is 2. The SMILES string of the molecule is CC1CCN(C(=O)NC(C)c2ccccc2Cl)CC1. The minimum Gasteiger partial charge on any atom is -0.331 e. The summed E-state index contributed by atoms with van der Waals surface area (Å²) in [7, 11) is 0. The summed E-state index contributed by atoms with van der Waals surface area (Å²) >= 11 is 6.14. The first-order valence-electron chi connectivity index (χ1n) is 6.88. The van der Waals surface area contributed by atoms with Crippen molar-refractivity contribution in [3.8, 4) is 0 Å². The monoisotopic (exact) mass is 280 g/mol. The summed E-state index contributed by atoms with van der Waals surface area (Å²) in [5, 5.41) is 3.72. The minimum atomic E-state index is -0.0689. The molecule has 2 amide bonds. The lowest BCUT2D eigenvalue weighted by molar-refractivity contribution is 0.171. The quantitative estimate of drug-likeness (QED) is 0.877. The number of rotatable bonds is 2. The van der Waals surface area contributed by atoms with Crippen LogP contribution in [0.25, 0.3) is 0 Å². The van der Waals surface area contributed by atoms with Crippen LogP contribution < -0.4 is 5.32 Å². The van der Waals surface area contributed by atoms with Gasteiger partial charge in [0.15, 0.2) is 0 Å². The van der Waals surface area contributed by atoms with Crippen molar-refractivity contribution >= 4 is 17.6 Å². The van der Waals surface area contributed by atoms with Crippen molar-refractivity contribution in [2.24, 2.45) is 5.92 Å². The highest BCUT2D eigenvalue weighted by atomic mass is 35.5. The van der Waals surface area contributed by atoms with E-state index in [0.717, 1.165) is 37.4 Å². The second kappa shape index (κ2) is 6.29. The second-order valence-corrected chi connectivity index (χ2v) is 5.77. The first-order chi connectivity index (χ1) is 9.08. The Bertz CT molecular complexity index is 442. The van der Waals surface area contributed by atoms with Crippen molar-refractivity contribution in [2.45, 2.75) is 32.7 Å². The molecule has 1 aromatic carbocycles. The number of nitrogens with one attached hydrogen (secondary N) is 1. The Morgan fingerprint density at radius 3 is 2.63 bits per heavy atom. The molecule has 1 saturated heterocycles. The highest BCUT2D eigenvalue weighted by molar-refractivity contribution is 6.31. The van der Waals surface area contributed by atoms with Crippen LogP contribution in [0.2, 0.25) is 5.02 Å². The van der Waals surface area contributed by atoms with Crippen LogP contribution in [0.5, 0.6) is 0 Å². The standard InChI is InChI=1S/C15H21ClN2O/c1-11-7-9-18(10-8-11)15(19)17-12(2)13-5-3-4-6-14(13)16/h3-6,11-12H,7-10H2,1-2H3,(H,17,19). The molecule has 104 valence electrons. The average Bonchev–Trinajstić information content (AvgIpc) is 2.39. The van der Waals surface area contributed by atoms with E-state index in [1.165, 1.54) is 0 Å². The third-order valence-corrected chi connectivity index (χ3v) is 4.13. The van der Waals surface area contributed by atoms with Crippen LogP contribution in [0.4, 0.5) is 4.79 Å². The van der Waals surface area contributed by atoms with Crippen molar-refractivity contribution in [1.29, 1.82) is 0 Å². The van der Waals surface area contributed by atoms with Gasteiger partial charge in [0, 0.05) is 18.1 Å². The van der Waals surface area contributed by atoms with E-state index >= 15 is 0 Å². The number of piperidine rings is 1. The summed E-state index contributed by atoms with van der Waals surface area (Å²) in [5.74, 6) is 0.727. The maximum atomic E-state index is 12.2. The molecule has 1 heterocycles. The molecule has 4 heteroatoms. The summed E-state index contributed by atoms with van der Waals surface area (Å²) in [6, 6.07) is 7.58. The van der Waals surface area contributed by atoms with Crippen LogP contribution in [0.1, 0.15) is 38.3 Å². The van der Waals surface area contributed by atoms with E-state index < -0.39 is 0 Å². The van der Waals surface area contributed by atoms with Crippen molar-refractivity contribution in [3.05, 3.63) is 34.9 Å². The zero-order chi connectivity index (χ0) is 13.8. The summed E-state index contributed by atoms with van der Waals surface area (Å²) < 4.78 is 0. The Labute approximate surface area is 119 Å². The van der Waals surface area contributed by atoms with Gasteiger partial charge in [-0.1, -0.05) is 36.7 Å². The van der Waals surface area contributed by atoms with E-state index in [9.17, 15) is 4.79 Å². The molecule has 1 aliphatic heterocycles. The van der Waals surface area contributed by atoms with Gasteiger partial charge in [0.05, 0.1) is 6.04 Å². The first-order valence-corrected chi connectivity index (χ1v) is 7.25. The molecule has 1 unspecified atom stereocenters. The van der Waals surface area contributed by atoms with E-state index in [1.807, 2.05) is 36.1 Å². The van der Waals surface area contributed by atoms with Gasteiger partial charge < -0.3 is 10.2 Å². The van der Waals surface area contributed by atoms with Gasteiger partial charge in [-0.15, -0.1) is 0 Å².